The number of amides is 2. The minimum atomic E-state index is -0.0816. The summed E-state index contributed by atoms with van der Waals surface area (Å²) in [5, 5.41) is 0. The topological polar surface area (TPSA) is 54.5 Å². The Hall–Kier alpha value is -1.19. The van der Waals surface area contributed by atoms with E-state index in [0.717, 1.165) is 38.5 Å². The van der Waals surface area contributed by atoms with Crippen LogP contribution in [0.15, 0.2) is 0 Å². The van der Waals surface area contributed by atoms with Crippen molar-refractivity contribution in [1.82, 2.24) is 4.90 Å². The third-order valence-electron chi connectivity index (χ3n) is 4.69. The van der Waals surface area contributed by atoms with Crippen LogP contribution in [-0.2, 0) is 14.4 Å². The molecule has 1 aliphatic rings. The molecule has 4 nitrogen and oxygen atoms in total. The number of ketones is 1. The van der Waals surface area contributed by atoms with Crippen molar-refractivity contribution in [1.29, 1.82) is 0 Å². The third-order valence-corrected chi connectivity index (χ3v) is 4.69. The Labute approximate surface area is 141 Å². The van der Waals surface area contributed by atoms with Crippen molar-refractivity contribution in [3.05, 3.63) is 0 Å². The maximum absolute atomic E-state index is 12.3. The molecule has 23 heavy (non-hydrogen) atoms. The highest BCUT2D eigenvalue weighted by molar-refractivity contribution is 6.03. The van der Waals surface area contributed by atoms with E-state index < -0.39 is 0 Å². The summed E-state index contributed by atoms with van der Waals surface area (Å²) in [5.41, 5.74) is 0. The fraction of sp³-hybridized carbons (Fsp3) is 0.842. The van der Waals surface area contributed by atoms with E-state index in [1.54, 1.807) is 0 Å². The van der Waals surface area contributed by atoms with Gasteiger partial charge in [0.1, 0.15) is 5.78 Å². The Kier molecular flexibility index (Phi) is 9.12. The Bertz CT molecular complexity index is 403. The van der Waals surface area contributed by atoms with Crippen LogP contribution in [0.5, 0.6) is 0 Å². The maximum Gasteiger partial charge on any atom is 0.232 e. The van der Waals surface area contributed by atoms with Crippen molar-refractivity contribution < 1.29 is 14.4 Å². The molecule has 1 fully saturated rings. The van der Waals surface area contributed by atoms with Crippen LogP contribution in [-0.4, -0.2) is 29.0 Å². The fourth-order valence-corrected chi connectivity index (χ4v) is 3.06. The van der Waals surface area contributed by atoms with Crippen molar-refractivity contribution in [2.75, 3.05) is 6.54 Å². The van der Waals surface area contributed by atoms with Crippen LogP contribution >= 0.6 is 0 Å². The molecule has 0 aromatic carbocycles. The lowest BCUT2D eigenvalue weighted by Gasteiger charge is -2.15. The number of carbonyl (C=O) groups is 3. The predicted molar refractivity (Wildman–Crippen MR) is 91.9 cm³/mol. The zero-order chi connectivity index (χ0) is 17.2. The molecule has 0 spiro atoms. The molecule has 1 rings (SSSR count). The lowest BCUT2D eigenvalue weighted by molar-refractivity contribution is -0.139. The van der Waals surface area contributed by atoms with Gasteiger partial charge in [0, 0.05) is 31.2 Å². The predicted octanol–water partition coefficient (Wildman–Crippen LogP) is 4.12. The first kappa shape index (κ1) is 19.9. The number of imide groups is 1. The number of hydrogen-bond donors (Lipinski definition) is 0. The normalized spacial score (nSPS) is 18.3. The molecule has 0 aliphatic carbocycles. The molecule has 0 N–H and O–H groups in total. The van der Waals surface area contributed by atoms with Crippen LogP contribution in [0.1, 0.15) is 85.0 Å². The van der Waals surface area contributed by atoms with E-state index in [0.29, 0.717) is 25.2 Å². The Morgan fingerprint density at radius 3 is 2.43 bits per heavy atom. The molecule has 1 atom stereocenters. The van der Waals surface area contributed by atoms with E-state index in [-0.39, 0.29) is 23.7 Å². The first-order valence-corrected chi connectivity index (χ1v) is 9.34. The minimum Gasteiger partial charge on any atom is -0.299 e. The van der Waals surface area contributed by atoms with Crippen molar-refractivity contribution in [3.63, 3.8) is 0 Å². The second-order valence-corrected chi connectivity index (χ2v) is 7.07. The number of nitrogens with zero attached hydrogens (tertiary/aromatic N) is 1. The highest BCUT2D eigenvalue weighted by Crippen LogP contribution is 2.25. The average molecular weight is 323 g/mol. The van der Waals surface area contributed by atoms with Gasteiger partial charge in [-0.3, -0.25) is 19.3 Å². The van der Waals surface area contributed by atoms with Gasteiger partial charge in [-0.2, -0.15) is 0 Å². The van der Waals surface area contributed by atoms with Crippen LogP contribution in [0.2, 0.25) is 0 Å². The van der Waals surface area contributed by atoms with Gasteiger partial charge in [-0.15, -0.1) is 0 Å². The smallest absolute Gasteiger partial charge is 0.232 e. The van der Waals surface area contributed by atoms with Crippen molar-refractivity contribution >= 4 is 17.6 Å². The largest absolute Gasteiger partial charge is 0.299 e. The number of hydrogen-bond acceptors (Lipinski definition) is 3. The number of Topliss-reactive ketones (excluding diaryl/α,β-unsaturated/α-hetero) is 1. The van der Waals surface area contributed by atoms with Gasteiger partial charge in [0.25, 0.3) is 0 Å². The van der Waals surface area contributed by atoms with E-state index in [2.05, 4.69) is 6.92 Å². The van der Waals surface area contributed by atoms with E-state index in [9.17, 15) is 14.4 Å². The number of carbonyl (C=O) groups excluding carboxylic acids is 3. The van der Waals surface area contributed by atoms with Crippen LogP contribution in [0.4, 0.5) is 0 Å². The monoisotopic (exact) mass is 323 g/mol. The molecule has 1 unspecified atom stereocenters. The van der Waals surface area contributed by atoms with Crippen LogP contribution < -0.4 is 0 Å². The lowest BCUT2D eigenvalue weighted by atomic mass is 9.99. The molecule has 1 heterocycles. The Balaban J connectivity index is 2.22. The highest BCUT2D eigenvalue weighted by Gasteiger charge is 2.37. The van der Waals surface area contributed by atoms with Crippen LogP contribution in [0, 0.1) is 11.8 Å². The average Bonchev–Trinajstić information content (AvgIpc) is 2.78. The molecule has 0 radical (unpaired) electrons. The molecule has 0 aromatic heterocycles. The summed E-state index contributed by atoms with van der Waals surface area (Å²) in [6, 6.07) is 0. The molecular weight excluding hydrogens is 290 g/mol. The van der Waals surface area contributed by atoms with Crippen LogP contribution in [0.3, 0.4) is 0 Å². The number of rotatable bonds is 12. The van der Waals surface area contributed by atoms with Gasteiger partial charge in [-0.05, 0) is 19.3 Å². The zero-order valence-electron chi connectivity index (χ0n) is 15.1. The van der Waals surface area contributed by atoms with Crippen molar-refractivity contribution in [3.8, 4) is 0 Å². The summed E-state index contributed by atoms with van der Waals surface area (Å²) in [4.78, 5) is 37.3. The summed E-state index contributed by atoms with van der Waals surface area (Å²) < 4.78 is 0. The quantitative estimate of drug-likeness (QED) is 0.401. The molecule has 2 amide bonds. The Morgan fingerprint density at radius 2 is 1.78 bits per heavy atom. The van der Waals surface area contributed by atoms with Gasteiger partial charge in [0.15, 0.2) is 0 Å². The van der Waals surface area contributed by atoms with Gasteiger partial charge < -0.3 is 0 Å². The second kappa shape index (κ2) is 10.6. The van der Waals surface area contributed by atoms with Crippen molar-refractivity contribution in [2.45, 2.75) is 85.0 Å². The molecule has 0 aromatic rings. The minimum absolute atomic E-state index is 0.00579. The van der Waals surface area contributed by atoms with E-state index in [4.69, 9.17) is 0 Å². The summed E-state index contributed by atoms with van der Waals surface area (Å²) in [6.07, 6.45) is 9.01. The van der Waals surface area contributed by atoms with Crippen LogP contribution in [0.25, 0.3) is 0 Å². The molecule has 132 valence electrons. The molecule has 0 bridgehead atoms. The van der Waals surface area contributed by atoms with E-state index in [1.165, 1.54) is 17.7 Å². The molecule has 4 heteroatoms. The molecule has 0 saturated carbocycles. The van der Waals surface area contributed by atoms with Gasteiger partial charge in [0.2, 0.25) is 11.8 Å². The first-order valence-electron chi connectivity index (χ1n) is 9.34. The molecular formula is C19H33NO3. The number of unbranched alkanes of at least 4 members (excludes halogenated alkanes) is 5. The second-order valence-electron chi connectivity index (χ2n) is 7.07. The standard InChI is InChI=1S/C19H33NO3/c1-4-5-6-8-11-16-14-18(22)20(19(16)23)13-10-7-9-12-17(21)15(2)3/h15-16H,4-14H2,1-3H3. The van der Waals surface area contributed by atoms with Gasteiger partial charge in [0.05, 0.1) is 0 Å². The van der Waals surface area contributed by atoms with Crippen molar-refractivity contribution in [2.24, 2.45) is 11.8 Å². The summed E-state index contributed by atoms with van der Waals surface area (Å²) in [7, 11) is 0. The molecule has 1 aliphatic heterocycles. The van der Waals surface area contributed by atoms with E-state index >= 15 is 0 Å². The third kappa shape index (κ3) is 6.84. The summed E-state index contributed by atoms with van der Waals surface area (Å²) >= 11 is 0. The lowest BCUT2D eigenvalue weighted by Crippen LogP contribution is -2.31. The van der Waals surface area contributed by atoms with Gasteiger partial charge in [-0.25, -0.2) is 0 Å². The summed E-state index contributed by atoms with van der Waals surface area (Å²) in [6.45, 7) is 6.54. The fourth-order valence-electron chi connectivity index (χ4n) is 3.06. The number of likely N-dealkylation sites (tertiary alicyclic amines) is 1. The maximum atomic E-state index is 12.3. The van der Waals surface area contributed by atoms with Gasteiger partial charge in [-0.1, -0.05) is 52.9 Å². The zero-order valence-corrected chi connectivity index (χ0v) is 15.1. The van der Waals surface area contributed by atoms with E-state index in [1.807, 2.05) is 13.8 Å². The molecule has 1 saturated heterocycles. The highest BCUT2D eigenvalue weighted by atomic mass is 16.2. The van der Waals surface area contributed by atoms with Gasteiger partial charge >= 0.3 is 0 Å². The Morgan fingerprint density at radius 1 is 1.09 bits per heavy atom. The summed E-state index contributed by atoms with van der Waals surface area (Å²) in [5.74, 6) is 0.344. The first-order chi connectivity index (χ1) is 11.0. The SMILES string of the molecule is CCCCCCC1CC(=O)N(CCCCCC(=O)C(C)C)C1=O.